The van der Waals surface area contributed by atoms with E-state index in [0.29, 0.717) is 5.95 Å². The highest BCUT2D eigenvalue weighted by atomic mass is 16.6. The number of nitrogens with one attached hydrogen (secondary N) is 2. The van der Waals surface area contributed by atoms with Crippen LogP contribution < -0.4 is 15.4 Å². The fourth-order valence-corrected chi connectivity index (χ4v) is 3.60. The number of hydrogen-bond donors (Lipinski definition) is 2. The average molecular weight is 472 g/mol. The quantitative estimate of drug-likeness (QED) is 0.354. The first-order valence-corrected chi connectivity index (χ1v) is 11.3. The highest BCUT2D eigenvalue weighted by Crippen LogP contribution is 2.33. The van der Waals surface area contributed by atoms with Crippen molar-refractivity contribution in [1.29, 1.82) is 0 Å². The monoisotopic (exact) mass is 471 g/mol. The second-order valence-corrected chi connectivity index (χ2v) is 9.16. The number of pyridine rings is 1. The summed E-state index contributed by atoms with van der Waals surface area (Å²) in [6, 6.07) is 15.3. The maximum atomic E-state index is 12.0. The minimum absolute atomic E-state index is 0.196. The van der Waals surface area contributed by atoms with E-state index in [9.17, 15) is 4.79 Å². The first kappa shape index (κ1) is 23.9. The lowest BCUT2D eigenvalue weighted by Crippen LogP contribution is -2.34. The molecule has 0 saturated heterocycles. The van der Waals surface area contributed by atoms with Crippen molar-refractivity contribution in [3.63, 3.8) is 0 Å². The molecule has 0 bridgehead atoms. The standard InChI is InChI=1S/C27H29N5O3/c1-17(30-26(33)35-27(2,3)4)18-6-8-21(9-7-18)31-25-29-16-20-14-22(19-10-12-28-13-11-19)24(34-5)15-23(20)32-25/h6-17H,1-5H3,(H,30,33)(H,29,31,32)/t17-/m1/s1. The van der Waals surface area contributed by atoms with Crippen LogP contribution >= 0.6 is 0 Å². The van der Waals surface area contributed by atoms with Gasteiger partial charge in [-0.25, -0.2) is 14.8 Å². The Bertz CT molecular complexity index is 1320. The number of ether oxygens (including phenoxy) is 2. The lowest BCUT2D eigenvalue weighted by atomic mass is 10.0. The molecule has 35 heavy (non-hydrogen) atoms. The van der Waals surface area contributed by atoms with Gasteiger partial charge in [0.25, 0.3) is 0 Å². The number of aromatic nitrogens is 3. The number of carbonyl (C=O) groups excluding carboxylic acids is 1. The van der Waals surface area contributed by atoms with Crippen molar-refractivity contribution >= 4 is 28.6 Å². The molecule has 1 atom stereocenters. The minimum atomic E-state index is -0.540. The summed E-state index contributed by atoms with van der Waals surface area (Å²) in [5, 5.41) is 6.99. The zero-order valence-corrected chi connectivity index (χ0v) is 20.5. The topological polar surface area (TPSA) is 98.3 Å². The van der Waals surface area contributed by atoms with Crippen LogP contribution in [0.3, 0.4) is 0 Å². The largest absolute Gasteiger partial charge is 0.496 e. The Balaban J connectivity index is 1.49. The van der Waals surface area contributed by atoms with E-state index < -0.39 is 11.7 Å². The molecule has 0 spiro atoms. The van der Waals surface area contributed by atoms with Crippen LogP contribution in [-0.4, -0.2) is 33.8 Å². The smallest absolute Gasteiger partial charge is 0.408 e. The van der Waals surface area contributed by atoms with Crippen molar-refractivity contribution in [3.8, 4) is 16.9 Å². The van der Waals surface area contributed by atoms with Crippen LogP contribution in [0.15, 0.2) is 67.1 Å². The van der Waals surface area contributed by atoms with Crippen molar-refractivity contribution in [1.82, 2.24) is 20.3 Å². The molecule has 8 nitrogen and oxygen atoms in total. The van der Waals surface area contributed by atoms with Gasteiger partial charge < -0.3 is 20.1 Å². The van der Waals surface area contributed by atoms with E-state index >= 15 is 0 Å². The van der Waals surface area contributed by atoms with Crippen molar-refractivity contribution < 1.29 is 14.3 Å². The van der Waals surface area contributed by atoms with Gasteiger partial charge in [-0.3, -0.25) is 4.98 Å². The molecule has 0 unspecified atom stereocenters. The first-order chi connectivity index (χ1) is 16.7. The third-order valence-corrected chi connectivity index (χ3v) is 5.29. The molecule has 4 rings (SSSR count). The molecular formula is C27H29N5O3. The molecule has 0 aliphatic heterocycles. The van der Waals surface area contributed by atoms with E-state index in [-0.39, 0.29) is 6.04 Å². The first-order valence-electron chi connectivity index (χ1n) is 11.3. The van der Waals surface area contributed by atoms with Gasteiger partial charge in [0.1, 0.15) is 11.4 Å². The Labute approximate surface area is 204 Å². The van der Waals surface area contributed by atoms with Gasteiger partial charge in [0.15, 0.2) is 0 Å². The molecule has 0 saturated carbocycles. The Morgan fingerprint density at radius 1 is 1.03 bits per heavy atom. The molecule has 1 amide bonds. The zero-order chi connectivity index (χ0) is 25.0. The molecule has 2 heterocycles. The van der Waals surface area contributed by atoms with E-state index in [1.165, 1.54) is 0 Å². The number of carbonyl (C=O) groups is 1. The van der Waals surface area contributed by atoms with E-state index in [2.05, 4.69) is 25.6 Å². The van der Waals surface area contributed by atoms with E-state index in [0.717, 1.165) is 39.0 Å². The maximum Gasteiger partial charge on any atom is 0.408 e. The zero-order valence-electron chi connectivity index (χ0n) is 20.5. The number of fused-ring (bicyclic) bond motifs is 1. The van der Waals surface area contributed by atoms with E-state index in [1.807, 2.05) is 76.2 Å². The Hall–Kier alpha value is -4.20. The minimum Gasteiger partial charge on any atom is -0.496 e. The van der Waals surface area contributed by atoms with Crippen LogP contribution in [0.1, 0.15) is 39.3 Å². The second kappa shape index (κ2) is 9.97. The third kappa shape index (κ3) is 6.03. The number of nitrogens with zero attached hydrogens (tertiary/aromatic N) is 3. The highest BCUT2D eigenvalue weighted by Gasteiger charge is 2.18. The number of methoxy groups -OCH3 is 1. The third-order valence-electron chi connectivity index (χ3n) is 5.29. The fourth-order valence-electron chi connectivity index (χ4n) is 3.60. The van der Waals surface area contributed by atoms with Crippen molar-refractivity contribution in [2.75, 3.05) is 12.4 Å². The van der Waals surface area contributed by atoms with Gasteiger partial charge in [0, 0.05) is 41.3 Å². The number of rotatable bonds is 6. The molecular weight excluding hydrogens is 442 g/mol. The van der Waals surface area contributed by atoms with Gasteiger partial charge in [0.05, 0.1) is 18.7 Å². The molecule has 2 aromatic heterocycles. The summed E-state index contributed by atoms with van der Waals surface area (Å²) in [6.07, 6.45) is 4.85. The summed E-state index contributed by atoms with van der Waals surface area (Å²) in [4.78, 5) is 25.2. The van der Waals surface area contributed by atoms with Crippen LogP contribution in [0.2, 0.25) is 0 Å². The fraction of sp³-hybridized carbons (Fsp3) is 0.259. The highest BCUT2D eigenvalue weighted by molar-refractivity contribution is 5.88. The average Bonchev–Trinajstić information content (AvgIpc) is 2.83. The molecule has 0 aliphatic carbocycles. The maximum absolute atomic E-state index is 12.0. The predicted octanol–water partition coefficient (Wildman–Crippen LogP) is 6.03. The molecule has 0 aliphatic rings. The van der Waals surface area contributed by atoms with Gasteiger partial charge in [-0.15, -0.1) is 0 Å². The molecule has 0 radical (unpaired) electrons. The summed E-state index contributed by atoms with van der Waals surface area (Å²) < 4.78 is 10.9. The molecule has 2 aromatic carbocycles. The van der Waals surface area contributed by atoms with Gasteiger partial charge in [-0.2, -0.15) is 0 Å². The summed E-state index contributed by atoms with van der Waals surface area (Å²) in [5.41, 5.74) is 3.98. The van der Waals surface area contributed by atoms with E-state index in [1.54, 1.807) is 25.7 Å². The van der Waals surface area contributed by atoms with Crippen LogP contribution in [0.4, 0.5) is 16.4 Å². The molecule has 2 N–H and O–H groups in total. The molecule has 0 fully saturated rings. The molecule has 180 valence electrons. The van der Waals surface area contributed by atoms with Crippen LogP contribution in [-0.2, 0) is 4.74 Å². The number of hydrogen-bond acceptors (Lipinski definition) is 7. The van der Waals surface area contributed by atoms with Gasteiger partial charge in [-0.05, 0) is 69.2 Å². The van der Waals surface area contributed by atoms with Crippen molar-refractivity contribution in [3.05, 3.63) is 72.7 Å². The van der Waals surface area contributed by atoms with Gasteiger partial charge in [-0.1, -0.05) is 12.1 Å². The Morgan fingerprint density at radius 2 is 1.74 bits per heavy atom. The summed E-state index contributed by atoms with van der Waals surface area (Å²) in [5.74, 6) is 1.20. The number of alkyl carbamates (subject to hydrolysis) is 1. The van der Waals surface area contributed by atoms with Gasteiger partial charge >= 0.3 is 6.09 Å². The van der Waals surface area contributed by atoms with Gasteiger partial charge in [0.2, 0.25) is 5.95 Å². The van der Waals surface area contributed by atoms with Crippen LogP contribution in [0.25, 0.3) is 22.0 Å². The van der Waals surface area contributed by atoms with Crippen LogP contribution in [0.5, 0.6) is 5.75 Å². The molecule has 4 aromatic rings. The predicted molar refractivity (Wildman–Crippen MR) is 137 cm³/mol. The summed E-state index contributed by atoms with van der Waals surface area (Å²) in [6.45, 7) is 7.42. The van der Waals surface area contributed by atoms with Crippen molar-refractivity contribution in [2.24, 2.45) is 0 Å². The Kier molecular flexibility index (Phi) is 6.82. The SMILES string of the molecule is COc1cc2nc(Nc3ccc([C@@H](C)NC(=O)OC(C)(C)C)cc3)ncc2cc1-c1ccncc1. The Morgan fingerprint density at radius 3 is 2.40 bits per heavy atom. The number of amides is 1. The lowest BCUT2D eigenvalue weighted by Gasteiger charge is -2.22. The molecule has 8 heteroatoms. The van der Waals surface area contributed by atoms with E-state index in [4.69, 9.17) is 9.47 Å². The number of benzene rings is 2. The number of anilines is 2. The second-order valence-electron chi connectivity index (χ2n) is 9.16. The van der Waals surface area contributed by atoms with Crippen molar-refractivity contribution in [2.45, 2.75) is 39.3 Å². The normalized spacial score (nSPS) is 12.1. The van der Waals surface area contributed by atoms with Crippen LogP contribution in [0, 0.1) is 0 Å². The summed E-state index contributed by atoms with van der Waals surface area (Å²) in [7, 11) is 1.65. The lowest BCUT2D eigenvalue weighted by molar-refractivity contribution is 0.0508. The summed E-state index contributed by atoms with van der Waals surface area (Å²) >= 11 is 0.